The molecule has 0 bridgehead atoms. The van der Waals surface area contributed by atoms with Gasteiger partial charge in [-0.05, 0) is 48.7 Å². The van der Waals surface area contributed by atoms with Gasteiger partial charge in [-0.1, -0.05) is 0 Å². The van der Waals surface area contributed by atoms with E-state index in [1.807, 2.05) is 32.2 Å². The molecule has 2 aromatic heterocycles. The van der Waals surface area contributed by atoms with Gasteiger partial charge in [0, 0.05) is 5.54 Å². The molecule has 2 heterocycles. The van der Waals surface area contributed by atoms with Gasteiger partial charge in [-0.2, -0.15) is 9.36 Å². The largest absolute Gasteiger partial charge is 0.369 e. The van der Waals surface area contributed by atoms with Crippen LogP contribution in [0.5, 0.6) is 0 Å². The van der Waals surface area contributed by atoms with Crippen molar-refractivity contribution in [3.05, 3.63) is 28.0 Å². The number of nitrogens with one attached hydrogen (secondary N) is 1. The highest BCUT2D eigenvalue weighted by Crippen LogP contribution is 2.10. The molecule has 19 heavy (non-hydrogen) atoms. The summed E-state index contributed by atoms with van der Waals surface area (Å²) in [6, 6.07) is 3.58. The second-order valence-corrected chi connectivity index (χ2v) is 6.01. The van der Waals surface area contributed by atoms with Gasteiger partial charge in [0.1, 0.15) is 11.5 Å². The Balaban J connectivity index is 2.15. The highest BCUT2D eigenvalue weighted by Gasteiger charge is 2.17. The summed E-state index contributed by atoms with van der Waals surface area (Å²) in [6.07, 6.45) is 0. The number of hydrogen-bond donors (Lipinski definition) is 1. The molecule has 0 aromatic carbocycles. The summed E-state index contributed by atoms with van der Waals surface area (Å²) in [5, 5.41) is 12.7. The molecule has 102 valence electrons. The average Bonchev–Trinajstić information content (AvgIpc) is 2.87. The van der Waals surface area contributed by atoms with E-state index < -0.39 is 5.69 Å². The highest BCUT2D eigenvalue weighted by atomic mass is 32.1. The Morgan fingerprint density at radius 3 is 2.74 bits per heavy atom. The highest BCUT2D eigenvalue weighted by molar-refractivity contribution is 7.12. The van der Waals surface area contributed by atoms with Crippen molar-refractivity contribution in [3.8, 4) is 5.00 Å². The van der Waals surface area contributed by atoms with Crippen molar-refractivity contribution >= 4 is 17.2 Å². The SMILES string of the molecule is CC(C)(C)NC(=O)Cn1nnn(-c2cccs2)c1=O. The van der Waals surface area contributed by atoms with Gasteiger partial charge in [-0.25, -0.2) is 4.79 Å². The van der Waals surface area contributed by atoms with E-state index in [1.54, 1.807) is 6.07 Å². The molecule has 1 N–H and O–H groups in total. The molecule has 0 saturated heterocycles. The van der Waals surface area contributed by atoms with E-state index in [9.17, 15) is 9.59 Å². The molecule has 0 radical (unpaired) electrons. The van der Waals surface area contributed by atoms with Crippen molar-refractivity contribution in [1.29, 1.82) is 0 Å². The molecule has 1 amide bonds. The smallest absolute Gasteiger partial charge is 0.350 e. The van der Waals surface area contributed by atoms with Gasteiger partial charge in [0.05, 0.1) is 0 Å². The Labute approximate surface area is 113 Å². The number of aromatic nitrogens is 4. The molecule has 2 aromatic rings. The summed E-state index contributed by atoms with van der Waals surface area (Å²) in [5.74, 6) is -0.271. The fourth-order valence-electron chi connectivity index (χ4n) is 1.50. The number of carbonyl (C=O) groups excluding carboxylic acids is 1. The van der Waals surface area contributed by atoms with Gasteiger partial charge in [-0.3, -0.25) is 4.79 Å². The van der Waals surface area contributed by atoms with Crippen LogP contribution in [0.15, 0.2) is 22.3 Å². The lowest BCUT2D eigenvalue weighted by molar-refractivity contribution is -0.123. The van der Waals surface area contributed by atoms with Crippen molar-refractivity contribution in [2.24, 2.45) is 0 Å². The van der Waals surface area contributed by atoms with E-state index in [-0.39, 0.29) is 18.0 Å². The van der Waals surface area contributed by atoms with E-state index in [2.05, 4.69) is 15.7 Å². The summed E-state index contributed by atoms with van der Waals surface area (Å²) in [4.78, 5) is 23.7. The van der Waals surface area contributed by atoms with Crippen molar-refractivity contribution < 1.29 is 4.79 Å². The first kappa shape index (κ1) is 13.5. The van der Waals surface area contributed by atoms with Gasteiger partial charge in [0.2, 0.25) is 5.91 Å². The fourth-order valence-corrected chi connectivity index (χ4v) is 2.16. The van der Waals surface area contributed by atoms with Crippen molar-refractivity contribution in [2.45, 2.75) is 32.9 Å². The van der Waals surface area contributed by atoms with E-state index in [0.717, 1.165) is 4.68 Å². The minimum atomic E-state index is -0.425. The third-order valence-electron chi connectivity index (χ3n) is 2.16. The quantitative estimate of drug-likeness (QED) is 0.883. The van der Waals surface area contributed by atoms with E-state index in [1.165, 1.54) is 16.0 Å². The molecule has 0 spiro atoms. The van der Waals surface area contributed by atoms with Crippen LogP contribution in [0, 0.1) is 0 Å². The van der Waals surface area contributed by atoms with Gasteiger partial charge >= 0.3 is 5.69 Å². The predicted octanol–water partition coefficient (Wildman–Crippen LogP) is 0.405. The lowest BCUT2D eigenvalue weighted by atomic mass is 10.1. The van der Waals surface area contributed by atoms with Crippen molar-refractivity contribution in [1.82, 2.24) is 25.1 Å². The molecule has 0 aliphatic carbocycles. The van der Waals surface area contributed by atoms with Gasteiger partial charge in [-0.15, -0.1) is 11.3 Å². The molecule has 0 unspecified atom stereocenters. The molecule has 7 nitrogen and oxygen atoms in total. The fraction of sp³-hybridized carbons (Fsp3) is 0.455. The zero-order chi connectivity index (χ0) is 14.0. The first-order valence-electron chi connectivity index (χ1n) is 5.74. The van der Waals surface area contributed by atoms with Crippen LogP contribution in [0.3, 0.4) is 0 Å². The lowest BCUT2D eigenvalue weighted by Gasteiger charge is -2.19. The maximum Gasteiger partial charge on any atom is 0.369 e. The first-order chi connectivity index (χ1) is 8.87. The molecule has 8 heteroatoms. The second kappa shape index (κ2) is 4.96. The van der Waals surface area contributed by atoms with Crippen LogP contribution in [-0.2, 0) is 11.3 Å². The topological polar surface area (TPSA) is 81.8 Å². The van der Waals surface area contributed by atoms with Crippen molar-refractivity contribution in [3.63, 3.8) is 0 Å². The van der Waals surface area contributed by atoms with Gasteiger partial charge in [0.25, 0.3) is 0 Å². The first-order valence-corrected chi connectivity index (χ1v) is 6.62. The van der Waals surface area contributed by atoms with Crippen LogP contribution >= 0.6 is 11.3 Å². The van der Waals surface area contributed by atoms with Gasteiger partial charge in [0.15, 0.2) is 0 Å². The normalized spacial score (nSPS) is 11.5. The van der Waals surface area contributed by atoms with Crippen LogP contribution in [-0.4, -0.2) is 31.2 Å². The Hall–Kier alpha value is -1.96. The maximum atomic E-state index is 12.0. The number of tetrazole rings is 1. The zero-order valence-electron chi connectivity index (χ0n) is 11.0. The number of carbonyl (C=O) groups is 1. The third kappa shape index (κ3) is 3.28. The molecule has 0 saturated carbocycles. The summed E-state index contributed by atoms with van der Waals surface area (Å²) in [7, 11) is 0. The molecule has 2 rings (SSSR count). The standard InChI is InChI=1S/C11H15N5O2S/c1-11(2,3)12-8(17)7-15-10(18)16(14-13-15)9-5-4-6-19-9/h4-6H,7H2,1-3H3,(H,12,17). The molecule has 0 fully saturated rings. The number of nitrogens with zero attached hydrogens (tertiary/aromatic N) is 4. The molecule has 0 atom stereocenters. The second-order valence-electron chi connectivity index (χ2n) is 5.08. The van der Waals surface area contributed by atoms with Gasteiger partial charge < -0.3 is 5.32 Å². The minimum absolute atomic E-state index is 0.137. The lowest BCUT2D eigenvalue weighted by Crippen LogP contribution is -2.43. The molecule has 0 aliphatic heterocycles. The van der Waals surface area contributed by atoms with Crippen molar-refractivity contribution in [2.75, 3.05) is 0 Å². The maximum absolute atomic E-state index is 12.0. The third-order valence-corrected chi connectivity index (χ3v) is 3.01. The Kier molecular flexibility index (Phi) is 3.52. The van der Waals surface area contributed by atoms with E-state index in [4.69, 9.17) is 0 Å². The van der Waals surface area contributed by atoms with Crippen LogP contribution in [0.25, 0.3) is 5.00 Å². The Bertz CT molecular complexity index is 620. The summed E-state index contributed by atoms with van der Waals surface area (Å²) in [6.45, 7) is 5.48. The molecular weight excluding hydrogens is 266 g/mol. The number of rotatable bonds is 3. The van der Waals surface area contributed by atoms with Crippen LogP contribution < -0.4 is 11.0 Å². The molecular formula is C11H15N5O2S. The Morgan fingerprint density at radius 1 is 1.42 bits per heavy atom. The van der Waals surface area contributed by atoms with Crippen LogP contribution in [0.2, 0.25) is 0 Å². The Morgan fingerprint density at radius 2 is 2.16 bits per heavy atom. The zero-order valence-corrected chi connectivity index (χ0v) is 11.8. The van der Waals surface area contributed by atoms with E-state index in [0.29, 0.717) is 5.00 Å². The predicted molar refractivity (Wildman–Crippen MR) is 71.4 cm³/mol. The van der Waals surface area contributed by atoms with Crippen LogP contribution in [0.1, 0.15) is 20.8 Å². The summed E-state index contributed by atoms with van der Waals surface area (Å²) >= 11 is 1.38. The average molecular weight is 281 g/mol. The molecule has 0 aliphatic rings. The minimum Gasteiger partial charge on any atom is -0.350 e. The van der Waals surface area contributed by atoms with E-state index >= 15 is 0 Å². The number of thiophene rings is 1. The van der Waals surface area contributed by atoms with Crippen LogP contribution in [0.4, 0.5) is 0 Å². The summed E-state index contributed by atoms with van der Waals surface area (Å²) < 4.78 is 2.22. The summed E-state index contributed by atoms with van der Waals surface area (Å²) in [5.41, 5.74) is -0.767. The monoisotopic (exact) mass is 281 g/mol. The number of amides is 1. The number of hydrogen-bond acceptors (Lipinski definition) is 5.